The second kappa shape index (κ2) is 4.61. The van der Waals surface area contributed by atoms with Crippen LogP contribution in [0.5, 0.6) is 5.75 Å². The van der Waals surface area contributed by atoms with Gasteiger partial charge in [0, 0.05) is 0 Å². The highest BCUT2D eigenvalue weighted by atomic mass is 16.5. The second-order valence-electron chi connectivity index (χ2n) is 4.10. The number of hydrogen-bond donors (Lipinski definition) is 0. The van der Waals surface area contributed by atoms with Crippen LogP contribution in [-0.4, -0.2) is 18.7 Å². The summed E-state index contributed by atoms with van der Waals surface area (Å²) in [6.45, 7) is 0. The summed E-state index contributed by atoms with van der Waals surface area (Å²) < 4.78 is 10.3. The van der Waals surface area contributed by atoms with Gasteiger partial charge in [-0.05, 0) is 36.4 Å². The Morgan fingerprint density at radius 1 is 1.26 bits per heavy atom. The summed E-state index contributed by atoms with van der Waals surface area (Å²) in [6.07, 6.45) is 1.82. The highest BCUT2D eigenvalue weighted by Gasteiger charge is 2.27. The van der Waals surface area contributed by atoms with Crippen LogP contribution in [0.25, 0.3) is 0 Å². The molecule has 1 aromatic carbocycles. The van der Waals surface area contributed by atoms with E-state index in [2.05, 4.69) is 5.10 Å². The molecule has 0 bridgehead atoms. The summed E-state index contributed by atoms with van der Waals surface area (Å²) in [4.78, 5) is 12.0. The van der Waals surface area contributed by atoms with Crippen LogP contribution in [0.4, 0.5) is 5.69 Å². The van der Waals surface area contributed by atoms with E-state index in [4.69, 9.17) is 9.15 Å². The van der Waals surface area contributed by atoms with Gasteiger partial charge < -0.3 is 9.15 Å². The van der Waals surface area contributed by atoms with Crippen molar-refractivity contribution in [3.05, 3.63) is 48.4 Å². The van der Waals surface area contributed by atoms with Crippen LogP contribution < -0.4 is 9.75 Å². The van der Waals surface area contributed by atoms with Gasteiger partial charge in [0.2, 0.25) is 0 Å². The standard InChI is InChI=1S/C14H12N2O3/c1-18-11-6-4-10(5-7-11)16-14(17)9-12(15-16)13-3-2-8-19-13/h2-8H,9H2,1H3. The highest BCUT2D eigenvalue weighted by molar-refractivity contribution is 6.18. The summed E-state index contributed by atoms with van der Waals surface area (Å²) in [5.74, 6) is 1.30. The van der Waals surface area contributed by atoms with Crippen molar-refractivity contribution in [1.29, 1.82) is 0 Å². The zero-order valence-corrected chi connectivity index (χ0v) is 10.4. The lowest BCUT2D eigenvalue weighted by Gasteiger charge is -2.11. The van der Waals surface area contributed by atoms with Crippen molar-refractivity contribution in [2.45, 2.75) is 6.42 Å². The number of hydrogen-bond acceptors (Lipinski definition) is 4. The van der Waals surface area contributed by atoms with Crippen LogP contribution in [-0.2, 0) is 4.79 Å². The second-order valence-corrected chi connectivity index (χ2v) is 4.10. The van der Waals surface area contributed by atoms with Crippen LogP contribution in [0, 0.1) is 0 Å². The van der Waals surface area contributed by atoms with Gasteiger partial charge in [0.15, 0.2) is 0 Å². The average molecular weight is 256 g/mol. The zero-order valence-electron chi connectivity index (χ0n) is 10.4. The maximum Gasteiger partial charge on any atom is 0.253 e. The van der Waals surface area contributed by atoms with Crippen molar-refractivity contribution in [1.82, 2.24) is 0 Å². The molecule has 2 aromatic rings. The highest BCUT2D eigenvalue weighted by Crippen LogP contribution is 2.25. The zero-order chi connectivity index (χ0) is 13.2. The molecule has 0 saturated carbocycles. The van der Waals surface area contributed by atoms with Gasteiger partial charge in [-0.1, -0.05) is 0 Å². The van der Waals surface area contributed by atoms with Crippen LogP contribution in [0.15, 0.2) is 52.2 Å². The van der Waals surface area contributed by atoms with E-state index in [-0.39, 0.29) is 12.3 Å². The maximum absolute atomic E-state index is 12.0. The number of nitrogens with zero attached hydrogens (tertiary/aromatic N) is 2. The number of amides is 1. The van der Waals surface area contributed by atoms with Crippen LogP contribution in [0.1, 0.15) is 12.2 Å². The van der Waals surface area contributed by atoms with Crippen LogP contribution in [0.2, 0.25) is 0 Å². The molecule has 5 heteroatoms. The Bertz CT molecular complexity index is 615. The molecule has 0 radical (unpaired) electrons. The quantitative estimate of drug-likeness (QED) is 0.847. The lowest BCUT2D eigenvalue weighted by atomic mass is 10.2. The third kappa shape index (κ3) is 2.10. The number of methoxy groups -OCH3 is 1. The van der Waals surface area contributed by atoms with E-state index in [0.717, 1.165) is 5.75 Å². The normalized spacial score (nSPS) is 14.7. The van der Waals surface area contributed by atoms with E-state index in [9.17, 15) is 4.79 Å². The van der Waals surface area contributed by atoms with Crippen molar-refractivity contribution in [3.63, 3.8) is 0 Å². The van der Waals surface area contributed by atoms with Gasteiger partial charge in [-0.2, -0.15) is 5.10 Å². The van der Waals surface area contributed by atoms with Gasteiger partial charge in [0.05, 0.1) is 25.5 Å². The molecule has 0 spiro atoms. The Kier molecular flexibility index (Phi) is 2.79. The molecular formula is C14H12N2O3. The van der Waals surface area contributed by atoms with Gasteiger partial charge in [-0.25, -0.2) is 5.01 Å². The fourth-order valence-electron chi connectivity index (χ4n) is 1.93. The van der Waals surface area contributed by atoms with E-state index in [1.54, 1.807) is 49.8 Å². The van der Waals surface area contributed by atoms with Gasteiger partial charge in [-0.15, -0.1) is 0 Å². The molecule has 0 unspecified atom stereocenters. The van der Waals surface area contributed by atoms with Gasteiger partial charge >= 0.3 is 0 Å². The smallest absolute Gasteiger partial charge is 0.253 e. The summed E-state index contributed by atoms with van der Waals surface area (Å²) in [6, 6.07) is 10.8. The van der Waals surface area contributed by atoms with Gasteiger partial charge in [0.25, 0.3) is 5.91 Å². The van der Waals surface area contributed by atoms with Crippen molar-refractivity contribution >= 4 is 17.3 Å². The molecule has 19 heavy (non-hydrogen) atoms. The first-order chi connectivity index (χ1) is 9.28. The van der Waals surface area contributed by atoms with Crippen LogP contribution >= 0.6 is 0 Å². The minimum absolute atomic E-state index is 0.0726. The number of furan rings is 1. The Morgan fingerprint density at radius 3 is 2.68 bits per heavy atom. The van der Waals surface area contributed by atoms with E-state index in [1.165, 1.54) is 5.01 Å². The number of benzene rings is 1. The summed E-state index contributed by atoms with van der Waals surface area (Å²) in [5.41, 5.74) is 1.36. The Morgan fingerprint density at radius 2 is 2.05 bits per heavy atom. The number of carbonyl (C=O) groups excluding carboxylic acids is 1. The molecule has 1 aliphatic heterocycles. The number of anilines is 1. The summed E-state index contributed by atoms with van der Waals surface area (Å²) in [7, 11) is 1.60. The monoisotopic (exact) mass is 256 g/mol. The minimum atomic E-state index is -0.0726. The van der Waals surface area contributed by atoms with Crippen molar-refractivity contribution in [2.75, 3.05) is 12.1 Å². The Hall–Kier alpha value is -2.56. The summed E-state index contributed by atoms with van der Waals surface area (Å²) >= 11 is 0. The first-order valence-corrected chi connectivity index (χ1v) is 5.86. The molecule has 96 valence electrons. The minimum Gasteiger partial charge on any atom is -0.497 e. The molecule has 0 fully saturated rings. The molecule has 1 amide bonds. The largest absolute Gasteiger partial charge is 0.497 e. The molecule has 3 rings (SSSR count). The molecule has 5 nitrogen and oxygen atoms in total. The lowest BCUT2D eigenvalue weighted by molar-refractivity contribution is -0.116. The molecule has 2 heterocycles. The molecule has 1 aliphatic rings. The SMILES string of the molecule is COc1ccc(N2N=C(c3ccco3)CC2=O)cc1. The van der Waals surface area contributed by atoms with Crippen molar-refractivity contribution in [2.24, 2.45) is 5.10 Å². The molecular weight excluding hydrogens is 244 g/mol. The predicted molar refractivity (Wildman–Crippen MR) is 70.3 cm³/mol. The van der Waals surface area contributed by atoms with E-state index in [1.807, 2.05) is 0 Å². The first-order valence-electron chi connectivity index (χ1n) is 5.86. The molecule has 0 aliphatic carbocycles. The predicted octanol–water partition coefficient (Wildman–Crippen LogP) is 2.43. The third-order valence-corrected chi connectivity index (χ3v) is 2.90. The number of carbonyl (C=O) groups is 1. The lowest BCUT2D eigenvalue weighted by Crippen LogP contribution is -2.19. The van der Waals surface area contributed by atoms with Crippen molar-refractivity contribution in [3.8, 4) is 5.75 Å². The molecule has 0 N–H and O–H groups in total. The topological polar surface area (TPSA) is 55.0 Å². The first kappa shape index (κ1) is 11.5. The fourth-order valence-corrected chi connectivity index (χ4v) is 1.93. The Balaban J connectivity index is 1.89. The molecule has 0 atom stereocenters. The van der Waals surface area contributed by atoms with Gasteiger partial charge in [-0.3, -0.25) is 4.79 Å². The third-order valence-electron chi connectivity index (χ3n) is 2.90. The summed E-state index contributed by atoms with van der Waals surface area (Å²) in [5, 5.41) is 5.69. The number of hydrazone groups is 1. The number of rotatable bonds is 3. The van der Waals surface area contributed by atoms with Crippen molar-refractivity contribution < 1.29 is 13.9 Å². The Labute approximate surface area is 110 Å². The van der Waals surface area contributed by atoms with Crippen LogP contribution in [0.3, 0.4) is 0 Å². The van der Waals surface area contributed by atoms with E-state index < -0.39 is 0 Å². The fraction of sp³-hybridized carbons (Fsp3) is 0.143. The molecule has 1 aromatic heterocycles. The van der Waals surface area contributed by atoms with E-state index >= 15 is 0 Å². The molecule has 0 saturated heterocycles. The van der Waals surface area contributed by atoms with Gasteiger partial charge in [0.1, 0.15) is 17.2 Å². The number of ether oxygens (including phenoxy) is 1. The maximum atomic E-state index is 12.0. The van der Waals surface area contributed by atoms with E-state index in [0.29, 0.717) is 17.2 Å². The average Bonchev–Trinajstić information content (AvgIpc) is 3.08.